The highest BCUT2D eigenvalue weighted by Gasteiger charge is 2.18. The van der Waals surface area contributed by atoms with Crippen LogP contribution in [0.2, 0.25) is 0 Å². The van der Waals surface area contributed by atoms with E-state index in [-0.39, 0.29) is 6.61 Å². The number of aliphatic hydroxyl groups is 1. The molecule has 1 aliphatic heterocycles. The van der Waals surface area contributed by atoms with E-state index >= 15 is 0 Å². The average Bonchev–Trinajstić information content (AvgIpc) is 2.98. The van der Waals surface area contributed by atoms with Gasteiger partial charge in [0.2, 0.25) is 0 Å². The molecule has 4 nitrogen and oxygen atoms in total. The van der Waals surface area contributed by atoms with Gasteiger partial charge < -0.3 is 14.6 Å². The van der Waals surface area contributed by atoms with Crippen molar-refractivity contribution in [3.63, 3.8) is 0 Å². The Morgan fingerprint density at radius 2 is 2.33 bits per heavy atom. The second kappa shape index (κ2) is 8.04. The first kappa shape index (κ1) is 15.8. The SMILES string of the molecule is COc1ccc(C#CCO)cc1CN(C)CC1CCCO1. The summed E-state index contributed by atoms with van der Waals surface area (Å²) >= 11 is 0. The minimum absolute atomic E-state index is 0.125. The third-order valence-electron chi connectivity index (χ3n) is 3.57. The van der Waals surface area contributed by atoms with Gasteiger partial charge >= 0.3 is 0 Å². The number of rotatable bonds is 5. The van der Waals surface area contributed by atoms with E-state index in [1.165, 1.54) is 0 Å². The highest BCUT2D eigenvalue weighted by molar-refractivity contribution is 5.44. The lowest BCUT2D eigenvalue weighted by Crippen LogP contribution is -2.28. The molecule has 1 heterocycles. The molecular weight excluding hydrogens is 266 g/mol. The molecule has 0 amide bonds. The summed E-state index contributed by atoms with van der Waals surface area (Å²) < 4.78 is 11.1. The van der Waals surface area contributed by atoms with E-state index in [0.29, 0.717) is 6.10 Å². The summed E-state index contributed by atoms with van der Waals surface area (Å²) in [5.41, 5.74) is 1.99. The van der Waals surface area contributed by atoms with Gasteiger partial charge in [0, 0.05) is 30.8 Å². The lowest BCUT2D eigenvalue weighted by molar-refractivity contribution is 0.0791. The Labute approximate surface area is 126 Å². The van der Waals surface area contributed by atoms with Crippen LogP contribution in [0.25, 0.3) is 0 Å². The Morgan fingerprint density at radius 3 is 3.00 bits per heavy atom. The second-order valence-electron chi connectivity index (χ2n) is 5.32. The van der Waals surface area contributed by atoms with Gasteiger partial charge in [-0.3, -0.25) is 4.90 Å². The van der Waals surface area contributed by atoms with Gasteiger partial charge in [-0.15, -0.1) is 0 Å². The Bertz CT molecular complexity index is 513. The zero-order valence-electron chi connectivity index (χ0n) is 12.8. The Morgan fingerprint density at radius 1 is 1.48 bits per heavy atom. The van der Waals surface area contributed by atoms with E-state index in [1.54, 1.807) is 7.11 Å². The summed E-state index contributed by atoms with van der Waals surface area (Å²) in [5, 5.41) is 8.78. The maximum Gasteiger partial charge on any atom is 0.123 e. The maximum atomic E-state index is 8.78. The summed E-state index contributed by atoms with van der Waals surface area (Å²) in [6.45, 7) is 2.47. The molecule has 0 radical (unpaired) electrons. The number of ether oxygens (including phenoxy) is 2. The van der Waals surface area contributed by atoms with E-state index in [2.05, 4.69) is 23.8 Å². The summed E-state index contributed by atoms with van der Waals surface area (Å²) in [4.78, 5) is 2.25. The second-order valence-corrected chi connectivity index (χ2v) is 5.32. The van der Waals surface area contributed by atoms with Crippen LogP contribution in [-0.2, 0) is 11.3 Å². The van der Waals surface area contributed by atoms with E-state index in [1.807, 2.05) is 18.2 Å². The van der Waals surface area contributed by atoms with Crippen LogP contribution >= 0.6 is 0 Å². The molecule has 114 valence electrons. The fourth-order valence-electron chi connectivity index (χ4n) is 2.61. The third kappa shape index (κ3) is 4.75. The first-order valence-corrected chi connectivity index (χ1v) is 7.29. The lowest BCUT2D eigenvalue weighted by Gasteiger charge is -2.21. The smallest absolute Gasteiger partial charge is 0.123 e. The minimum Gasteiger partial charge on any atom is -0.496 e. The van der Waals surface area contributed by atoms with Crippen LogP contribution in [0.3, 0.4) is 0 Å². The fraction of sp³-hybridized carbons (Fsp3) is 0.529. The zero-order chi connectivity index (χ0) is 15.1. The number of benzene rings is 1. The van der Waals surface area contributed by atoms with Crippen LogP contribution in [0.15, 0.2) is 18.2 Å². The molecule has 0 saturated carbocycles. The molecule has 21 heavy (non-hydrogen) atoms. The Kier molecular flexibility index (Phi) is 6.06. The summed E-state index contributed by atoms with van der Waals surface area (Å²) in [7, 11) is 3.77. The minimum atomic E-state index is -0.125. The first-order chi connectivity index (χ1) is 10.2. The Hall–Kier alpha value is -1.54. The van der Waals surface area contributed by atoms with E-state index < -0.39 is 0 Å². The van der Waals surface area contributed by atoms with E-state index in [0.717, 1.165) is 49.4 Å². The number of hydrogen-bond donors (Lipinski definition) is 1. The summed E-state index contributed by atoms with van der Waals surface area (Å²) in [6, 6.07) is 5.86. The third-order valence-corrected chi connectivity index (χ3v) is 3.57. The van der Waals surface area contributed by atoms with Crippen LogP contribution in [-0.4, -0.2) is 50.0 Å². The van der Waals surface area contributed by atoms with Crippen molar-refractivity contribution in [1.29, 1.82) is 0 Å². The predicted octanol–water partition coefficient (Wildman–Crippen LogP) is 1.65. The number of nitrogens with zero attached hydrogens (tertiary/aromatic N) is 1. The average molecular weight is 289 g/mol. The first-order valence-electron chi connectivity index (χ1n) is 7.29. The molecule has 0 bridgehead atoms. The van der Waals surface area contributed by atoms with Crippen LogP contribution in [0, 0.1) is 11.8 Å². The number of methoxy groups -OCH3 is 1. The van der Waals surface area contributed by atoms with Gasteiger partial charge in [-0.1, -0.05) is 11.8 Å². The number of aliphatic hydroxyl groups excluding tert-OH is 1. The molecule has 1 saturated heterocycles. The van der Waals surface area contributed by atoms with Crippen molar-refractivity contribution in [3.8, 4) is 17.6 Å². The van der Waals surface area contributed by atoms with E-state index in [4.69, 9.17) is 14.6 Å². The molecule has 1 aromatic rings. The van der Waals surface area contributed by atoms with Crippen molar-refractivity contribution in [2.75, 3.05) is 33.9 Å². The molecule has 1 N–H and O–H groups in total. The van der Waals surface area contributed by atoms with Gasteiger partial charge in [0.15, 0.2) is 0 Å². The predicted molar refractivity (Wildman–Crippen MR) is 82.3 cm³/mol. The van der Waals surface area contributed by atoms with Crippen molar-refractivity contribution in [2.24, 2.45) is 0 Å². The lowest BCUT2D eigenvalue weighted by atomic mass is 10.1. The molecule has 1 aliphatic rings. The highest BCUT2D eigenvalue weighted by Crippen LogP contribution is 2.22. The molecule has 0 spiro atoms. The monoisotopic (exact) mass is 289 g/mol. The molecule has 1 aromatic carbocycles. The van der Waals surface area contributed by atoms with E-state index in [9.17, 15) is 0 Å². The van der Waals surface area contributed by atoms with Crippen molar-refractivity contribution < 1.29 is 14.6 Å². The van der Waals surface area contributed by atoms with Gasteiger partial charge in [-0.2, -0.15) is 0 Å². The van der Waals surface area contributed by atoms with Crippen molar-refractivity contribution >= 4 is 0 Å². The molecular formula is C17H23NO3. The molecule has 1 atom stereocenters. The fourth-order valence-corrected chi connectivity index (χ4v) is 2.61. The van der Waals surface area contributed by atoms with Gasteiger partial charge in [0.25, 0.3) is 0 Å². The number of hydrogen-bond acceptors (Lipinski definition) is 4. The molecule has 2 rings (SSSR count). The van der Waals surface area contributed by atoms with Crippen LogP contribution in [0.5, 0.6) is 5.75 Å². The largest absolute Gasteiger partial charge is 0.496 e. The number of likely N-dealkylation sites (N-methyl/N-ethyl adjacent to an activating group) is 1. The summed E-state index contributed by atoms with van der Waals surface area (Å²) in [5.74, 6) is 6.47. The van der Waals surface area contributed by atoms with Gasteiger partial charge in [0.1, 0.15) is 12.4 Å². The maximum absolute atomic E-state index is 8.78. The summed E-state index contributed by atoms with van der Waals surface area (Å²) in [6.07, 6.45) is 2.65. The molecule has 4 heteroatoms. The zero-order valence-corrected chi connectivity index (χ0v) is 12.8. The standard InChI is InChI=1S/C17H23NO3/c1-18(13-16-6-4-10-21-16)12-15-11-14(5-3-9-19)7-8-17(15)20-2/h7-8,11,16,19H,4,6,9-10,12-13H2,1-2H3. The molecule has 0 aromatic heterocycles. The quantitative estimate of drug-likeness (QED) is 0.837. The van der Waals surface area contributed by atoms with Gasteiger partial charge in [-0.25, -0.2) is 0 Å². The van der Waals surface area contributed by atoms with Crippen molar-refractivity contribution in [3.05, 3.63) is 29.3 Å². The van der Waals surface area contributed by atoms with Crippen LogP contribution in [0.4, 0.5) is 0 Å². The molecule has 0 aliphatic carbocycles. The van der Waals surface area contributed by atoms with Gasteiger partial charge in [-0.05, 0) is 38.1 Å². The molecule has 1 unspecified atom stereocenters. The van der Waals surface area contributed by atoms with Crippen LogP contribution < -0.4 is 4.74 Å². The topological polar surface area (TPSA) is 41.9 Å². The van der Waals surface area contributed by atoms with Crippen molar-refractivity contribution in [1.82, 2.24) is 4.90 Å². The van der Waals surface area contributed by atoms with Gasteiger partial charge in [0.05, 0.1) is 13.2 Å². The van der Waals surface area contributed by atoms with Crippen molar-refractivity contribution in [2.45, 2.75) is 25.5 Å². The normalized spacial score (nSPS) is 17.6. The van der Waals surface area contributed by atoms with Crippen LogP contribution in [0.1, 0.15) is 24.0 Å². The Balaban J connectivity index is 2.05. The highest BCUT2D eigenvalue weighted by atomic mass is 16.5. The molecule has 1 fully saturated rings.